The van der Waals surface area contributed by atoms with E-state index in [4.69, 9.17) is 24.5 Å². The summed E-state index contributed by atoms with van der Waals surface area (Å²) in [7, 11) is 1.61. The highest BCUT2D eigenvalue weighted by Gasteiger charge is 2.44. The minimum absolute atomic E-state index is 0.0346. The summed E-state index contributed by atoms with van der Waals surface area (Å²) in [6, 6.07) is 11.5. The molecule has 244 valence electrons. The van der Waals surface area contributed by atoms with Crippen molar-refractivity contribution in [2.24, 2.45) is 5.41 Å². The number of halogens is 6. The third kappa shape index (κ3) is 9.37. The summed E-state index contributed by atoms with van der Waals surface area (Å²) in [5.41, 5.74) is 1.01. The number of hydrogen-bond donors (Lipinski definition) is 2. The number of alkyl halides is 6. The van der Waals surface area contributed by atoms with Crippen LogP contribution in [0.15, 0.2) is 58.4 Å². The second kappa shape index (κ2) is 13.9. The number of likely N-dealkylation sites (tertiary alicyclic amines) is 1. The van der Waals surface area contributed by atoms with Crippen molar-refractivity contribution < 1.29 is 50.9 Å². The zero-order valence-corrected chi connectivity index (χ0v) is 23.5. The average molecular weight is 648 g/mol. The summed E-state index contributed by atoms with van der Waals surface area (Å²) >= 11 is 0. The predicted molar refractivity (Wildman–Crippen MR) is 143 cm³/mol. The molecule has 1 unspecified atom stereocenters. The number of fused-ring (bicyclic) bond motifs is 1. The number of aromatic nitrogens is 4. The number of carboxylic acid groups (broad SMARTS) is 2. The molecule has 2 aromatic heterocycles. The van der Waals surface area contributed by atoms with Crippen LogP contribution in [-0.4, -0.2) is 78.9 Å². The maximum atomic E-state index is 12.8. The quantitative estimate of drug-likeness (QED) is 0.312. The Morgan fingerprint density at radius 2 is 1.51 bits per heavy atom. The Morgan fingerprint density at radius 3 is 2.02 bits per heavy atom. The molecule has 2 N–H and O–H groups in total. The third-order valence-electron chi connectivity index (χ3n) is 6.86. The van der Waals surface area contributed by atoms with Crippen molar-refractivity contribution in [1.82, 2.24) is 24.2 Å². The van der Waals surface area contributed by atoms with Gasteiger partial charge in [-0.3, -0.25) is 24.0 Å². The van der Waals surface area contributed by atoms with Crippen LogP contribution in [0.25, 0.3) is 0 Å². The van der Waals surface area contributed by atoms with E-state index in [1.165, 1.54) is 10.2 Å². The van der Waals surface area contributed by atoms with Gasteiger partial charge < -0.3 is 14.9 Å². The Hall–Kier alpha value is -4.74. The maximum absolute atomic E-state index is 12.8. The normalized spacial score (nSPS) is 17.5. The maximum Gasteiger partial charge on any atom is 0.490 e. The molecule has 1 spiro atoms. The Balaban J connectivity index is 0.000000331. The smallest absolute Gasteiger partial charge is 0.490 e. The van der Waals surface area contributed by atoms with Gasteiger partial charge in [-0.1, -0.05) is 18.2 Å². The molecule has 1 saturated heterocycles. The molecule has 0 bridgehead atoms. The van der Waals surface area contributed by atoms with Crippen LogP contribution in [0, 0.1) is 5.41 Å². The number of hydrogen-bond acceptors (Lipinski definition) is 8. The van der Waals surface area contributed by atoms with Gasteiger partial charge in [-0.15, -0.1) is 0 Å². The second-order valence-electron chi connectivity index (χ2n) is 10.2. The van der Waals surface area contributed by atoms with Gasteiger partial charge in [0, 0.05) is 43.9 Å². The highest BCUT2D eigenvalue weighted by Crippen LogP contribution is 2.39. The number of ether oxygens (including phenoxy) is 1. The SMILES string of the molecule is COc1ccc(Cn2nc3n(c(=O)c2=O)CC2(CCN(Cc4cccnc4)C2)C3)cc1.O=C(O)C(F)(F)F.O=C(O)C(F)(F)F. The Labute approximate surface area is 250 Å². The van der Waals surface area contributed by atoms with E-state index in [1.807, 2.05) is 36.5 Å². The Kier molecular flexibility index (Phi) is 10.7. The van der Waals surface area contributed by atoms with Crippen LogP contribution in [0.5, 0.6) is 5.75 Å². The summed E-state index contributed by atoms with van der Waals surface area (Å²) in [5, 5.41) is 18.8. The van der Waals surface area contributed by atoms with Crippen molar-refractivity contribution in [2.45, 2.75) is 44.8 Å². The van der Waals surface area contributed by atoms with Gasteiger partial charge in [-0.25, -0.2) is 14.3 Å². The molecule has 45 heavy (non-hydrogen) atoms. The van der Waals surface area contributed by atoms with Crippen LogP contribution in [0.4, 0.5) is 26.3 Å². The lowest BCUT2D eigenvalue weighted by Gasteiger charge is -2.22. The largest absolute Gasteiger partial charge is 0.497 e. The van der Waals surface area contributed by atoms with Gasteiger partial charge in [0.05, 0.1) is 13.7 Å². The molecule has 0 saturated carbocycles. The second-order valence-corrected chi connectivity index (χ2v) is 10.2. The first kappa shape index (κ1) is 34.7. The lowest BCUT2D eigenvalue weighted by atomic mass is 9.86. The van der Waals surface area contributed by atoms with Crippen LogP contribution >= 0.6 is 0 Å². The highest BCUT2D eigenvalue weighted by molar-refractivity contribution is 5.73. The van der Waals surface area contributed by atoms with Crippen LogP contribution in [-0.2, 0) is 35.6 Å². The number of carbonyl (C=O) groups is 2. The molecule has 0 radical (unpaired) electrons. The topological polar surface area (TPSA) is 157 Å². The third-order valence-corrected chi connectivity index (χ3v) is 6.86. The van der Waals surface area contributed by atoms with Gasteiger partial charge in [0.25, 0.3) is 0 Å². The van der Waals surface area contributed by atoms with E-state index in [2.05, 4.69) is 21.0 Å². The summed E-state index contributed by atoms with van der Waals surface area (Å²) in [6.45, 7) is 3.53. The highest BCUT2D eigenvalue weighted by atomic mass is 19.4. The van der Waals surface area contributed by atoms with Crippen molar-refractivity contribution >= 4 is 11.9 Å². The lowest BCUT2D eigenvalue weighted by Crippen LogP contribution is -2.43. The molecular formula is C27H27F6N5O7. The zero-order chi connectivity index (χ0) is 33.6. The Morgan fingerprint density at radius 1 is 0.911 bits per heavy atom. The number of rotatable bonds is 5. The van der Waals surface area contributed by atoms with Crippen LogP contribution in [0.3, 0.4) is 0 Å². The minimum Gasteiger partial charge on any atom is -0.497 e. The fourth-order valence-electron chi connectivity index (χ4n) is 4.80. The first-order valence-electron chi connectivity index (χ1n) is 13.0. The fourth-order valence-corrected chi connectivity index (χ4v) is 4.80. The molecule has 0 aliphatic carbocycles. The predicted octanol–water partition coefficient (Wildman–Crippen LogP) is 2.57. The summed E-state index contributed by atoms with van der Waals surface area (Å²) in [6.07, 6.45) is -4.79. The van der Waals surface area contributed by atoms with Gasteiger partial charge >= 0.3 is 35.4 Å². The standard InChI is InChI=1S/C23H25N5O3.2C2HF3O2/c1-31-19-6-4-17(5-7-19)14-28-22(30)21(29)27-16-23(11-20(27)25-28)8-10-26(15-23)13-18-3-2-9-24-12-18;2*3-2(4,5)1(6)7/h2-7,9,12H,8,10-11,13-16H2,1H3;2*(H,6,7). The van der Waals surface area contributed by atoms with Crippen molar-refractivity contribution in [3.05, 3.63) is 86.5 Å². The fraction of sp³-hybridized carbons (Fsp3) is 0.407. The first-order valence-corrected chi connectivity index (χ1v) is 13.0. The van der Waals surface area contributed by atoms with Crippen LogP contribution < -0.4 is 15.9 Å². The molecule has 5 rings (SSSR count). The summed E-state index contributed by atoms with van der Waals surface area (Å²) in [4.78, 5) is 49.9. The van der Waals surface area contributed by atoms with E-state index < -0.39 is 35.4 Å². The minimum atomic E-state index is -5.08. The van der Waals surface area contributed by atoms with E-state index in [-0.39, 0.29) is 12.0 Å². The molecular weight excluding hydrogens is 620 g/mol. The number of pyridine rings is 1. The van der Waals surface area contributed by atoms with Crippen molar-refractivity contribution in [3.8, 4) is 5.75 Å². The first-order chi connectivity index (χ1) is 20.9. The van der Waals surface area contributed by atoms with Gasteiger partial charge in [-0.2, -0.15) is 31.4 Å². The van der Waals surface area contributed by atoms with Crippen molar-refractivity contribution in [2.75, 3.05) is 20.2 Å². The van der Waals surface area contributed by atoms with Crippen LogP contribution in [0.2, 0.25) is 0 Å². The number of benzene rings is 1. The van der Waals surface area contributed by atoms with Crippen molar-refractivity contribution in [1.29, 1.82) is 0 Å². The molecule has 2 aliphatic rings. The molecule has 4 heterocycles. The number of carboxylic acids is 2. The molecule has 3 aromatic rings. The van der Waals surface area contributed by atoms with Crippen molar-refractivity contribution in [3.63, 3.8) is 0 Å². The summed E-state index contributed by atoms with van der Waals surface area (Å²) < 4.78 is 71.6. The van der Waals surface area contributed by atoms with Gasteiger partial charge in [0.15, 0.2) is 0 Å². The van der Waals surface area contributed by atoms with Gasteiger partial charge in [-0.05, 0) is 42.3 Å². The average Bonchev–Trinajstić information content (AvgIpc) is 3.54. The zero-order valence-electron chi connectivity index (χ0n) is 23.5. The van der Waals surface area contributed by atoms with E-state index in [9.17, 15) is 35.9 Å². The number of methoxy groups -OCH3 is 1. The lowest BCUT2D eigenvalue weighted by molar-refractivity contribution is -0.193. The molecule has 0 amide bonds. The molecule has 18 heteroatoms. The molecule has 1 aromatic carbocycles. The van der Waals surface area contributed by atoms with Gasteiger partial charge in [0.2, 0.25) is 0 Å². The molecule has 12 nitrogen and oxygen atoms in total. The molecule has 2 aliphatic heterocycles. The van der Waals surface area contributed by atoms with E-state index in [1.54, 1.807) is 17.9 Å². The molecule has 1 atom stereocenters. The monoisotopic (exact) mass is 647 g/mol. The van der Waals surface area contributed by atoms with Crippen LogP contribution in [0.1, 0.15) is 23.4 Å². The Bertz CT molecular complexity index is 1580. The number of nitrogens with zero attached hydrogens (tertiary/aromatic N) is 5. The van der Waals surface area contributed by atoms with E-state index >= 15 is 0 Å². The van der Waals surface area contributed by atoms with E-state index in [0.717, 1.165) is 37.4 Å². The summed E-state index contributed by atoms with van der Waals surface area (Å²) in [5.74, 6) is -4.06. The molecule has 1 fully saturated rings. The number of aliphatic carboxylic acids is 2. The van der Waals surface area contributed by atoms with E-state index in [0.29, 0.717) is 18.8 Å². The van der Waals surface area contributed by atoms with Gasteiger partial charge in [0.1, 0.15) is 11.6 Å².